The van der Waals surface area contributed by atoms with Gasteiger partial charge >= 0.3 is 5.97 Å². The molecule has 0 aliphatic heterocycles. The molecule has 0 bridgehead atoms. The number of aryl methyl sites for hydroxylation is 1. The van der Waals surface area contributed by atoms with Crippen LogP contribution in [-0.2, 0) is 11.2 Å². The fourth-order valence-corrected chi connectivity index (χ4v) is 3.16. The second-order valence-electron chi connectivity index (χ2n) is 3.21. The summed E-state index contributed by atoms with van der Waals surface area (Å²) in [5, 5.41) is 8.96. The molecule has 0 spiro atoms. The zero-order chi connectivity index (χ0) is 9.42. The van der Waals surface area contributed by atoms with E-state index in [1.54, 1.807) is 6.07 Å². The Labute approximate surface area is 85.1 Å². The van der Waals surface area contributed by atoms with Crippen molar-refractivity contribution in [2.75, 3.05) is 0 Å². The first-order valence-electron chi connectivity index (χ1n) is 4.19. The Morgan fingerprint density at radius 2 is 2.46 bits per heavy atom. The van der Waals surface area contributed by atoms with Gasteiger partial charge in [0.15, 0.2) is 0 Å². The topological polar surface area (TPSA) is 37.3 Å². The molecule has 13 heavy (non-hydrogen) atoms. The number of carboxylic acid groups (broad SMARTS) is 1. The van der Waals surface area contributed by atoms with Crippen LogP contribution in [0, 0.1) is 0 Å². The Morgan fingerprint density at radius 3 is 3.15 bits per heavy atom. The first-order valence-corrected chi connectivity index (χ1v) is 5.39. The molecule has 2 rings (SSSR count). The Hall–Kier alpha value is -0.540. The molecule has 1 heterocycles. The molecule has 4 heteroatoms. The molecule has 1 aliphatic rings. The van der Waals surface area contributed by atoms with Crippen LogP contribution in [-0.4, -0.2) is 11.1 Å². The van der Waals surface area contributed by atoms with E-state index < -0.39 is 5.97 Å². The molecule has 0 aromatic carbocycles. The van der Waals surface area contributed by atoms with Gasteiger partial charge in [0.1, 0.15) is 0 Å². The lowest BCUT2D eigenvalue weighted by Gasteiger charge is -2.17. The van der Waals surface area contributed by atoms with Gasteiger partial charge in [-0.2, -0.15) is 0 Å². The summed E-state index contributed by atoms with van der Waals surface area (Å²) in [5.74, 6) is -1.05. The molecule has 2 nitrogen and oxygen atoms in total. The van der Waals surface area contributed by atoms with Gasteiger partial charge in [0.05, 0.1) is 10.3 Å². The van der Waals surface area contributed by atoms with Gasteiger partial charge in [-0.3, -0.25) is 4.79 Å². The van der Waals surface area contributed by atoms with Crippen LogP contribution in [0.4, 0.5) is 0 Å². The summed E-state index contributed by atoms with van der Waals surface area (Å²) in [6.45, 7) is 0. The van der Waals surface area contributed by atoms with E-state index in [-0.39, 0.29) is 5.92 Å². The number of carbonyl (C=O) groups is 1. The molecule has 0 amide bonds. The maximum atomic E-state index is 10.9. The van der Waals surface area contributed by atoms with E-state index in [0.717, 1.165) is 29.7 Å². The number of carboxylic acids is 1. The highest BCUT2D eigenvalue weighted by Crippen LogP contribution is 2.38. The Morgan fingerprint density at radius 1 is 1.69 bits per heavy atom. The zero-order valence-corrected chi connectivity index (χ0v) is 8.49. The quantitative estimate of drug-likeness (QED) is 0.784. The summed E-state index contributed by atoms with van der Waals surface area (Å²) in [7, 11) is 0. The van der Waals surface area contributed by atoms with Crippen LogP contribution >= 0.6 is 22.9 Å². The molecule has 1 aromatic rings. The van der Waals surface area contributed by atoms with Gasteiger partial charge in [0, 0.05) is 4.88 Å². The minimum atomic E-state index is -0.726. The van der Waals surface area contributed by atoms with Crippen molar-refractivity contribution in [2.24, 2.45) is 0 Å². The van der Waals surface area contributed by atoms with Crippen molar-refractivity contribution in [3.63, 3.8) is 0 Å². The number of fused-ring (bicyclic) bond motifs is 1. The maximum Gasteiger partial charge on any atom is 0.311 e. The SMILES string of the molecule is O=C(O)C1CCCc2sc(Cl)cc21. The van der Waals surface area contributed by atoms with E-state index >= 15 is 0 Å². The molecular weight excluding hydrogens is 208 g/mol. The molecule has 0 radical (unpaired) electrons. The normalized spacial score (nSPS) is 21.2. The molecular formula is C9H9ClO2S. The van der Waals surface area contributed by atoms with E-state index in [0.29, 0.717) is 4.34 Å². The number of aliphatic carboxylic acids is 1. The smallest absolute Gasteiger partial charge is 0.311 e. The lowest BCUT2D eigenvalue weighted by Crippen LogP contribution is -2.15. The number of rotatable bonds is 1. The Kier molecular flexibility index (Phi) is 2.30. The largest absolute Gasteiger partial charge is 0.481 e. The lowest BCUT2D eigenvalue weighted by molar-refractivity contribution is -0.139. The number of halogens is 1. The van der Waals surface area contributed by atoms with Crippen LogP contribution in [0.1, 0.15) is 29.2 Å². The summed E-state index contributed by atoms with van der Waals surface area (Å²) in [6.07, 6.45) is 2.69. The minimum Gasteiger partial charge on any atom is -0.481 e. The fourth-order valence-electron chi connectivity index (χ4n) is 1.78. The van der Waals surface area contributed by atoms with Crippen LogP contribution in [0.2, 0.25) is 4.34 Å². The highest BCUT2D eigenvalue weighted by molar-refractivity contribution is 7.16. The third kappa shape index (κ3) is 1.58. The third-order valence-corrected chi connectivity index (χ3v) is 3.72. The zero-order valence-electron chi connectivity index (χ0n) is 6.92. The van der Waals surface area contributed by atoms with E-state index in [9.17, 15) is 4.79 Å². The highest BCUT2D eigenvalue weighted by Gasteiger charge is 2.27. The standard InChI is InChI=1S/C9H9ClO2S/c10-8-4-6-5(9(11)12)2-1-3-7(6)13-8/h4-5H,1-3H2,(H,11,12). The van der Waals surface area contributed by atoms with Crippen LogP contribution in [0.3, 0.4) is 0 Å². The van der Waals surface area contributed by atoms with Crippen LogP contribution in [0.5, 0.6) is 0 Å². The second kappa shape index (κ2) is 3.31. The van der Waals surface area contributed by atoms with Gasteiger partial charge in [-0.15, -0.1) is 11.3 Å². The van der Waals surface area contributed by atoms with Crippen molar-refractivity contribution >= 4 is 28.9 Å². The third-order valence-electron chi connectivity index (χ3n) is 2.38. The molecule has 1 unspecified atom stereocenters. The van der Waals surface area contributed by atoms with Gasteiger partial charge < -0.3 is 5.11 Å². The van der Waals surface area contributed by atoms with Gasteiger partial charge in [0.2, 0.25) is 0 Å². The van der Waals surface area contributed by atoms with Crippen molar-refractivity contribution in [1.82, 2.24) is 0 Å². The fraction of sp³-hybridized carbons (Fsp3) is 0.444. The average molecular weight is 217 g/mol. The first kappa shape index (κ1) is 9.03. The summed E-state index contributed by atoms with van der Waals surface area (Å²) in [4.78, 5) is 12.0. The van der Waals surface area contributed by atoms with Gasteiger partial charge in [-0.05, 0) is 30.9 Å². The van der Waals surface area contributed by atoms with E-state index in [1.165, 1.54) is 11.3 Å². The summed E-state index contributed by atoms with van der Waals surface area (Å²) in [5.41, 5.74) is 0.939. The maximum absolute atomic E-state index is 10.9. The van der Waals surface area contributed by atoms with Crippen molar-refractivity contribution in [3.05, 3.63) is 20.8 Å². The predicted molar refractivity (Wildman–Crippen MR) is 52.6 cm³/mol. The van der Waals surface area contributed by atoms with E-state index in [2.05, 4.69) is 0 Å². The van der Waals surface area contributed by atoms with Gasteiger partial charge in [-0.1, -0.05) is 11.6 Å². The van der Waals surface area contributed by atoms with E-state index in [4.69, 9.17) is 16.7 Å². The minimum absolute atomic E-state index is 0.326. The monoisotopic (exact) mass is 216 g/mol. The van der Waals surface area contributed by atoms with E-state index in [1.807, 2.05) is 0 Å². The molecule has 70 valence electrons. The second-order valence-corrected chi connectivity index (χ2v) is 4.98. The molecule has 0 fully saturated rings. The number of hydrogen-bond acceptors (Lipinski definition) is 2. The lowest BCUT2D eigenvalue weighted by atomic mass is 9.88. The average Bonchev–Trinajstić information content (AvgIpc) is 2.43. The highest BCUT2D eigenvalue weighted by atomic mass is 35.5. The summed E-state index contributed by atoms with van der Waals surface area (Å²) < 4.78 is 0.707. The predicted octanol–water partition coefficient (Wildman–Crippen LogP) is 2.91. The van der Waals surface area contributed by atoms with Crippen molar-refractivity contribution in [2.45, 2.75) is 25.2 Å². The van der Waals surface area contributed by atoms with Crippen LogP contribution in [0.15, 0.2) is 6.07 Å². The van der Waals surface area contributed by atoms with Crippen LogP contribution < -0.4 is 0 Å². The number of hydrogen-bond donors (Lipinski definition) is 1. The number of thiophene rings is 1. The Balaban J connectivity index is 2.41. The molecule has 1 aliphatic carbocycles. The van der Waals surface area contributed by atoms with Crippen molar-refractivity contribution in [3.8, 4) is 0 Å². The van der Waals surface area contributed by atoms with Gasteiger partial charge in [-0.25, -0.2) is 0 Å². The molecule has 1 aromatic heterocycles. The molecule has 1 atom stereocenters. The first-order chi connectivity index (χ1) is 6.18. The Bertz CT molecular complexity index is 345. The molecule has 0 saturated heterocycles. The van der Waals surface area contributed by atoms with Crippen molar-refractivity contribution < 1.29 is 9.90 Å². The summed E-state index contributed by atoms with van der Waals surface area (Å²) in [6, 6.07) is 1.81. The van der Waals surface area contributed by atoms with Gasteiger partial charge in [0.25, 0.3) is 0 Å². The molecule has 1 N–H and O–H groups in total. The summed E-state index contributed by atoms with van der Waals surface area (Å²) >= 11 is 7.36. The van der Waals surface area contributed by atoms with Crippen LogP contribution in [0.25, 0.3) is 0 Å². The molecule has 0 saturated carbocycles. The van der Waals surface area contributed by atoms with Crippen molar-refractivity contribution in [1.29, 1.82) is 0 Å².